The minimum absolute atomic E-state index is 0.936. The van der Waals surface area contributed by atoms with Crippen LogP contribution in [0.2, 0.25) is 0 Å². The molecule has 2 rings (SSSR count). The number of rotatable bonds is 1. The lowest BCUT2D eigenvalue weighted by Crippen LogP contribution is -1.92. The van der Waals surface area contributed by atoms with E-state index in [4.69, 9.17) is 0 Å². The van der Waals surface area contributed by atoms with Crippen LogP contribution in [-0.4, -0.2) is 0 Å². The van der Waals surface area contributed by atoms with Crippen LogP contribution in [-0.2, 0) is 0 Å². The van der Waals surface area contributed by atoms with Crippen molar-refractivity contribution in [1.29, 1.82) is 0 Å². The number of hydrogen-bond donors (Lipinski definition) is 0. The Balaban J connectivity index is 2.01. The Morgan fingerprint density at radius 1 is 0.941 bits per heavy atom. The van der Waals surface area contributed by atoms with E-state index in [0.717, 1.165) is 5.92 Å². The molecule has 0 aromatic heterocycles. The second kappa shape index (κ2) is 6.64. The van der Waals surface area contributed by atoms with E-state index in [1.807, 2.05) is 0 Å². The highest BCUT2D eigenvalue weighted by Crippen LogP contribution is 2.25. The fourth-order valence-electron chi connectivity index (χ4n) is 2.72. The SMILES string of the molecule is CC1CCCCC(=Cc2ccccc2)CCC1. The summed E-state index contributed by atoms with van der Waals surface area (Å²) in [5.41, 5.74) is 3.03. The minimum atomic E-state index is 0.936. The first kappa shape index (κ1) is 12.4. The lowest BCUT2D eigenvalue weighted by Gasteiger charge is -2.07. The van der Waals surface area contributed by atoms with Crippen LogP contribution in [0.1, 0.15) is 57.4 Å². The van der Waals surface area contributed by atoms with Crippen LogP contribution < -0.4 is 0 Å². The van der Waals surface area contributed by atoms with E-state index in [1.165, 1.54) is 50.5 Å². The van der Waals surface area contributed by atoms with Gasteiger partial charge < -0.3 is 0 Å². The van der Waals surface area contributed by atoms with Crippen molar-refractivity contribution in [2.75, 3.05) is 0 Å². The molecule has 1 aliphatic rings. The lowest BCUT2D eigenvalue weighted by molar-refractivity contribution is 0.466. The van der Waals surface area contributed by atoms with E-state index in [0.29, 0.717) is 0 Å². The molecule has 1 saturated carbocycles. The molecule has 0 bridgehead atoms. The van der Waals surface area contributed by atoms with Gasteiger partial charge in [-0.25, -0.2) is 0 Å². The van der Waals surface area contributed by atoms with Crippen molar-refractivity contribution in [3.63, 3.8) is 0 Å². The molecule has 1 aromatic rings. The molecule has 0 saturated heterocycles. The van der Waals surface area contributed by atoms with Crippen LogP contribution in [0.15, 0.2) is 35.9 Å². The van der Waals surface area contributed by atoms with Gasteiger partial charge in [-0.2, -0.15) is 0 Å². The number of hydrogen-bond acceptors (Lipinski definition) is 0. The second-order valence-electron chi connectivity index (χ2n) is 5.46. The lowest BCUT2D eigenvalue weighted by atomic mass is 9.99. The second-order valence-corrected chi connectivity index (χ2v) is 5.46. The van der Waals surface area contributed by atoms with Gasteiger partial charge in [-0.15, -0.1) is 0 Å². The first-order valence-corrected chi connectivity index (χ1v) is 7.09. The van der Waals surface area contributed by atoms with Gasteiger partial charge in [0.1, 0.15) is 0 Å². The summed E-state index contributed by atoms with van der Waals surface area (Å²) in [6, 6.07) is 10.8. The fraction of sp³-hybridized carbons (Fsp3) is 0.529. The molecule has 0 aliphatic heterocycles. The molecule has 0 spiro atoms. The molecule has 0 heteroatoms. The molecule has 0 N–H and O–H groups in total. The Hall–Kier alpha value is -1.04. The highest BCUT2D eigenvalue weighted by atomic mass is 14.1. The Morgan fingerprint density at radius 2 is 1.65 bits per heavy atom. The van der Waals surface area contributed by atoms with Gasteiger partial charge in [0.05, 0.1) is 0 Å². The molecule has 1 aromatic carbocycles. The van der Waals surface area contributed by atoms with E-state index < -0.39 is 0 Å². The van der Waals surface area contributed by atoms with Crippen molar-refractivity contribution >= 4 is 6.08 Å². The molecule has 1 atom stereocenters. The first-order valence-electron chi connectivity index (χ1n) is 7.09. The number of allylic oxidation sites excluding steroid dienone is 1. The Labute approximate surface area is 106 Å². The van der Waals surface area contributed by atoms with Gasteiger partial charge in [-0.05, 0) is 37.2 Å². The molecule has 17 heavy (non-hydrogen) atoms. The molecule has 1 aliphatic carbocycles. The van der Waals surface area contributed by atoms with E-state index in [1.54, 1.807) is 5.57 Å². The van der Waals surface area contributed by atoms with Crippen molar-refractivity contribution in [2.24, 2.45) is 5.92 Å². The topological polar surface area (TPSA) is 0 Å². The van der Waals surface area contributed by atoms with Crippen molar-refractivity contribution in [2.45, 2.75) is 51.9 Å². The van der Waals surface area contributed by atoms with Gasteiger partial charge in [-0.1, -0.05) is 68.2 Å². The predicted octanol–water partition coefficient (Wildman–Crippen LogP) is 5.45. The highest BCUT2D eigenvalue weighted by Gasteiger charge is 2.07. The van der Waals surface area contributed by atoms with Crippen LogP contribution >= 0.6 is 0 Å². The van der Waals surface area contributed by atoms with Crippen molar-refractivity contribution < 1.29 is 0 Å². The van der Waals surface area contributed by atoms with Gasteiger partial charge in [0.25, 0.3) is 0 Å². The van der Waals surface area contributed by atoms with Gasteiger partial charge >= 0.3 is 0 Å². The average molecular weight is 228 g/mol. The molecule has 0 heterocycles. The van der Waals surface area contributed by atoms with Crippen LogP contribution in [0, 0.1) is 5.92 Å². The number of benzene rings is 1. The monoisotopic (exact) mass is 228 g/mol. The summed E-state index contributed by atoms with van der Waals surface area (Å²) < 4.78 is 0. The van der Waals surface area contributed by atoms with Gasteiger partial charge in [-0.3, -0.25) is 0 Å². The third kappa shape index (κ3) is 4.38. The van der Waals surface area contributed by atoms with Crippen molar-refractivity contribution in [1.82, 2.24) is 0 Å². The average Bonchev–Trinajstić information content (AvgIpc) is 2.44. The summed E-state index contributed by atoms with van der Waals surface area (Å²) >= 11 is 0. The van der Waals surface area contributed by atoms with Crippen molar-refractivity contribution in [3.8, 4) is 0 Å². The zero-order valence-corrected chi connectivity index (χ0v) is 11.0. The Kier molecular flexibility index (Phi) is 4.85. The van der Waals surface area contributed by atoms with Gasteiger partial charge in [0.15, 0.2) is 0 Å². The molecule has 0 nitrogen and oxygen atoms in total. The van der Waals surface area contributed by atoms with E-state index >= 15 is 0 Å². The zero-order chi connectivity index (χ0) is 11.9. The summed E-state index contributed by atoms with van der Waals surface area (Å²) in [7, 11) is 0. The molecular formula is C17H24. The summed E-state index contributed by atoms with van der Waals surface area (Å²) in [6.07, 6.45) is 12.0. The standard InChI is InChI=1S/C17H24/c1-15-8-5-6-12-17(13-7-9-15)14-16-10-3-2-4-11-16/h2-4,10-11,14-15H,5-9,12-13H2,1H3. The molecule has 92 valence electrons. The largest absolute Gasteiger partial charge is 0.0696 e. The van der Waals surface area contributed by atoms with E-state index in [2.05, 4.69) is 43.3 Å². The Bertz CT molecular complexity index is 348. The summed E-state index contributed by atoms with van der Waals surface area (Å²) in [6.45, 7) is 2.41. The van der Waals surface area contributed by atoms with Gasteiger partial charge in [0, 0.05) is 0 Å². The summed E-state index contributed by atoms with van der Waals surface area (Å²) in [5, 5.41) is 0. The maximum absolute atomic E-state index is 2.41. The zero-order valence-electron chi connectivity index (χ0n) is 11.0. The third-order valence-corrected chi connectivity index (χ3v) is 3.81. The van der Waals surface area contributed by atoms with Crippen LogP contribution in [0.3, 0.4) is 0 Å². The van der Waals surface area contributed by atoms with Crippen LogP contribution in [0.25, 0.3) is 6.08 Å². The summed E-state index contributed by atoms with van der Waals surface area (Å²) in [5.74, 6) is 0.936. The Morgan fingerprint density at radius 3 is 2.47 bits per heavy atom. The van der Waals surface area contributed by atoms with Crippen molar-refractivity contribution in [3.05, 3.63) is 41.5 Å². The molecular weight excluding hydrogens is 204 g/mol. The molecule has 0 radical (unpaired) electrons. The van der Waals surface area contributed by atoms with E-state index in [9.17, 15) is 0 Å². The van der Waals surface area contributed by atoms with Gasteiger partial charge in [0.2, 0.25) is 0 Å². The maximum atomic E-state index is 2.41. The van der Waals surface area contributed by atoms with Crippen LogP contribution in [0.4, 0.5) is 0 Å². The van der Waals surface area contributed by atoms with Crippen LogP contribution in [0.5, 0.6) is 0 Å². The summed E-state index contributed by atoms with van der Waals surface area (Å²) in [4.78, 5) is 0. The molecule has 0 amide bonds. The first-order chi connectivity index (χ1) is 8.34. The maximum Gasteiger partial charge on any atom is -0.0257 e. The minimum Gasteiger partial charge on any atom is -0.0696 e. The quantitative estimate of drug-likeness (QED) is 0.599. The normalized spacial score (nSPS) is 25.0. The smallest absolute Gasteiger partial charge is 0.0257 e. The molecule has 1 unspecified atom stereocenters. The highest BCUT2D eigenvalue weighted by molar-refractivity contribution is 5.52. The van der Waals surface area contributed by atoms with E-state index in [-0.39, 0.29) is 0 Å². The predicted molar refractivity (Wildman–Crippen MR) is 75.9 cm³/mol. The molecule has 1 fully saturated rings. The third-order valence-electron chi connectivity index (χ3n) is 3.81. The fourth-order valence-corrected chi connectivity index (χ4v) is 2.72.